The molecule has 2 rings (SSSR count). The van der Waals surface area contributed by atoms with Crippen molar-refractivity contribution in [2.24, 2.45) is 5.73 Å². The van der Waals surface area contributed by atoms with Crippen LogP contribution in [0.2, 0.25) is 0 Å². The van der Waals surface area contributed by atoms with E-state index in [1.807, 2.05) is 0 Å². The van der Waals surface area contributed by atoms with Crippen LogP contribution in [0.25, 0.3) is 0 Å². The summed E-state index contributed by atoms with van der Waals surface area (Å²) in [6.07, 6.45) is 4.06. The Hall–Kier alpha value is -1.62. The largest absolute Gasteiger partial charge is 0.490 e. The lowest BCUT2D eigenvalue weighted by molar-refractivity contribution is -0.385. The van der Waals surface area contributed by atoms with Gasteiger partial charge in [-0.3, -0.25) is 10.1 Å². The summed E-state index contributed by atoms with van der Waals surface area (Å²) in [6.45, 7) is 1.72. The van der Waals surface area contributed by atoms with E-state index in [2.05, 4.69) is 0 Å². The Labute approximate surface area is 106 Å². The first-order valence-corrected chi connectivity index (χ1v) is 6.23. The lowest BCUT2D eigenvalue weighted by atomic mass is 9.94. The number of nitrogens with zero attached hydrogens (tertiary/aromatic N) is 1. The zero-order valence-corrected chi connectivity index (χ0v) is 10.5. The van der Waals surface area contributed by atoms with Crippen LogP contribution in [-0.4, -0.2) is 17.1 Å². The monoisotopic (exact) mass is 250 g/mol. The van der Waals surface area contributed by atoms with Gasteiger partial charge in [-0.2, -0.15) is 0 Å². The van der Waals surface area contributed by atoms with Crippen LogP contribution in [-0.2, 0) is 0 Å². The number of benzene rings is 1. The predicted octanol–water partition coefficient (Wildman–Crippen LogP) is 2.55. The maximum atomic E-state index is 10.7. The Bertz CT molecular complexity index is 440. The highest BCUT2D eigenvalue weighted by atomic mass is 16.6. The molecule has 0 unspecified atom stereocenters. The molecule has 1 saturated carbocycles. The summed E-state index contributed by atoms with van der Waals surface area (Å²) in [5.74, 6) is 0.707. The average Bonchev–Trinajstić information content (AvgIpc) is 2.32. The number of ether oxygens (including phenoxy) is 1. The van der Waals surface area contributed by atoms with Gasteiger partial charge < -0.3 is 10.5 Å². The molecule has 5 heteroatoms. The van der Waals surface area contributed by atoms with Gasteiger partial charge in [0, 0.05) is 17.7 Å². The van der Waals surface area contributed by atoms with Gasteiger partial charge >= 0.3 is 0 Å². The van der Waals surface area contributed by atoms with Crippen LogP contribution in [0.1, 0.15) is 31.2 Å². The Kier molecular flexibility index (Phi) is 3.81. The molecule has 1 fully saturated rings. The molecule has 0 aromatic heterocycles. The number of hydrogen-bond donors (Lipinski definition) is 1. The van der Waals surface area contributed by atoms with Crippen molar-refractivity contribution in [1.29, 1.82) is 0 Å². The summed E-state index contributed by atoms with van der Waals surface area (Å²) in [6, 6.07) is 5.19. The fourth-order valence-corrected chi connectivity index (χ4v) is 2.31. The second kappa shape index (κ2) is 5.35. The van der Waals surface area contributed by atoms with Crippen molar-refractivity contribution >= 4 is 5.69 Å². The van der Waals surface area contributed by atoms with E-state index in [9.17, 15) is 10.1 Å². The topological polar surface area (TPSA) is 78.4 Å². The van der Waals surface area contributed by atoms with E-state index < -0.39 is 0 Å². The quantitative estimate of drug-likeness (QED) is 0.660. The van der Waals surface area contributed by atoms with Gasteiger partial charge in [-0.05, 0) is 44.7 Å². The third kappa shape index (κ3) is 2.98. The number of rotatable bonds is 3. The second-order valence-electron chi connectivity index (χ2n) is 4.86. The molecular weight excluding hydrogens is 232 g/mol. The van der Waals surface area contributed by atoms with Crippen molar-refractivity contribution in [2.75, 3.05) is 0 Å². The number of nitro groups is 1. The van der Waals surface area contributed by atoms with Crippen molar-refractivity contribution in [3.05, 3.63) is 33.9 Å². The van der Waals surface area contributed by atoms with Crippen LogP contribution in [0.4, 0.5) is 5.69 Å². The average molecular weight is 250 g/mol. The lowest BCUT2D eigenvalue weighted by Gasteiger charge is -2.26. The minimum atomic E-state index is -0.376. The molecule has 0 bridgehead atoms. The molecule has 0 heterocycles. The number of nitro benzene ring substituents is 1. The molecule has 0 radical (unpaired) electrons. The van der Waals surface area contributed by atoms with Gasteiger partial charge in [-0.1, -0.05) is 0 Å². The number of hydrogen-bond acceptors (Lipinski definition) is 4. The van der Waals surface area contributed by atoms with Gasteiger partial charge in [-0.15, -0.1) is 0 Å². The van der Waals surface area contributed by atoms with Gasteiger partial charge in [0.15, 0.2) is 0 Å². The molecule has 1 aromatic rings. The zero-order valence-electron chi connectivity index (χ0n) is 10.5. The Morgan fingerprint density at radius 1 is 1.33 bits per heavy atom. The molecule has 0 amide bonds. The van der Waals surface area contributed by atoms with Gasteiger partial charge in [0.2, 0.25) is 0 Å². The normalized spacial score (nSPS) is 23.7. The molecule has 0 spiro atoms. The molecule has 1 aliphatic rings. The first-order chi connectivity index (χ1) is 8.56. The van der Waals surface area contributed by atoms with Gasteiger partial charge in [0.25, 0.3) is 5.69 Å². The predicted molar refractivity (Wildman–Crippen MR) is 68.7 cm³/mol. The molecule has 0 saturated heterocycles. The summed E-state index contributed by atoms with van der Waals surface area (Å²) < 4.78 is 5.84. The molecule has 1 aliphatic carbocycles. The maximum absolute atomic E-state index is 10.7. The zero-order chi connectivity index (χ0) is 13.1. The van der Waals surface area contributed by atoms with Crippen molar-refractivity contribution in [1.82, 2.24) is 0 Å². The van der Waals surface area contributed by atoms with Crippen LogP contribution < -0.4 is 10.5 Å². The Balaban J connectivity index is 2.02. The molecule has 1 aromatic carbocycles. The molecule has 18 heavy (non-hydrogen) atoms. The van der Waals surface area contributed by atoms with Crippen LogP contribution in [0.3, 0.4) is 0 Å². The lowest BCUT2D eigenvalue weighted by Crippen LogP contribution is -2.31. The van der Waals surface area contributed by atoms with Crippen LogP contribution in [0, 0.1) is 17.0 Å². The van der Waals surface area contributed by atoms with Crippen LogP contribution in [0.5, 0.6) is 5.75 Å². The minimum Gasteiger partial charge on any atom is -0.490 e. The summed E-state index contributed by atoms with van der Waals surface area (Å²) in [7, 11) is 0. The fourth-order valence-electron chi connectivity index (χ4n) is 2.31. The van der Waals surface area contributed by atoms with Gasteiger partial charge in [-0.25, -0.2) is 0 Å². The van der Waals surface area contributed by atoms with E-state index >= 15 is 0 Å². The van der Waals surface area contributed by atoms with E-state index in [-0.39, 0.29) is 16.7 Å². The highest BCUT2D eigenvalue weighted by Crippen LogP contribution is 2.27. The van der Waals surface area contributed by atoms with E-state index in [1.54, 1.807) is 19.1 Å². The van der Waals surface area contributed by atoms with Crippen molar-refractivity contribution in [3.8, 4) is 5.75 Å². The van der Waals surface area contributed by atoms with Crippen LogP contribution >= 0.6 is 0 Å². The minimum absolute atomic E-state index is 0.132. The molecule has 0 aliphatic heterocycles. The summed E-state index contributed by atoms with van der Waals surface area (Å²) >= 11 is 0. The number of aryl methyl sites for hydroxylation is 1. The Morgan fingerprint density at radius 2 is 2.00 bits per heavy atom. The maximum Gasteiger partial charge on any atom is 0.272 e. The molecular formula is C13H18N2O3. The van der Waals surface area contributed by atoms with E-state index in [1.165, 1.54) is 6.07 Å². The second-order valence-corrected chi connectivity index (χ2v) is 4.86. The van der Waals surface area contributed by atoms with E-state index in [4.69, 9.17) is 10.5 Å². The first kappa shape index (κ1) is 12.8. The first-order valence-electron chi connectivity index (χ1n) is 6.23. The summed E-state index contributed by atoms with van der Waals surface area (Å²) in [5, 5.41) is 10.7. The van der Waals surface area contributed by atoms with E-state index in [0.29, 0.717) is 17.4 Å². The summed E-state index contributed by atoms with van der Waals surface area (Å²) in [4.78, 5) is 10.3. The van der Waals surface area contributed by atoms with Gasteiger partial charge in [0.1, 0.15) is 5.75 Å². The van der Waals surface area contributed by atoms with E-state index in [0.717, 1.165) is 25.7 Å². The highest BCUT2D eigenvalue weighted by Gasteiger charge is 2.20. The van der Waals surface area contributed by atoms with Gasteiger partial charge in [0.05, 0.1) is 11.0 Å². The van der Waals surface area contributed by atoms with Crippen molar-refractivity contribution < 1.29 is 9.66 Å². The Morgan fingerprint density at radius 3 is 2.56 bits per heavy atom. The SMILES string of the molecule is Cc1cc(OC2CCC(N)CC2)ccc1[N+](=O)[O-]. The standard InChI is InChI=1S/C13H18N2O3/c1-9-8-12(6-7-13(9)15(16)17)18-11-4-2-10(14)3-5-11/h6-8,10-11H,2-5,14H2,1H3. The smallest absolute Gasteiger partial charge is 0.272 e. The van der Waals surface area contributed by atoms with Crippen LogP contribution in [0.15, 0.2) is 18.2 Å². The third-order valence-corrected chi connectivity index (χ3v) is 3.39. The third-order valence-electron chi connectivity index (χ3n) is 3.39. The fraction of sp³-hybridized carbons (Fsp3) is 0.538. The molecule has 98 valence electrons. The van der Waals surface area contributed by atoms with Crippen molar-refractivity contribution in [2.45, 2.75) is 44.8 Å². The summed E-state index contributed by atoms with van der Waals surface area (Å²) in [5.41, 5.74) is 6.60. The molecule has 2 N–H and O–H groups in total. The van der Waals surface area contributed by atoms with Crippen molar-refractivity contribution in [3.63, 3.8) is 0 Å². The molecule has 5 nitrogen and oxygen atoms in total. The molecule has 0 atom stereocenters. The number of nitrogens with two attached hydrogens (primary N) is 1. The highest BCUT2D eigenvalue weighted by molar-refractivity contribution is 5.44.